The number of halogens is 2. The second-order valence-electron chi connectivity index (χ2n) is 13.4. The van der Waals surface area contributed by atoms with Crippen LogP contribution in [-0.4, -0.2) is 101 Å². The average Bonchev–Trinajstić information content (AvgIpc) is 3.22. The maximum atomic E-state index is 14.8. The number of fused-ring (bicyclic) bond motifs is 1. The van der Waals surface area contributed by atoms with E-state index in [1.807, 2.05) is 30.3 Å². The van der Waals surface area contributed by atoms with Gasteiger partial charge in [0.05, 0.1) is 18.8 Å². The van der Waals surface area contributed by atoms with Gasteiger partial charge in [-0.05, 0) is 51.8 Å². The van der Waals surface area contributed by atoms with Gasteiger partial charge in [0.2, 0.25) is 11.8 Å². The number of nitrogens with one attached hydrogen (secondary N) is 2. The Labute approximate surface area is 268 Å². The van der Waals surface area contributed by atoms with Crippen molar-refractivity contribution in [3.8, 4) is 0 Å². The van der Waals surface area contributed by atoms with E-state index in [1.54, 1.807) is 32.7 Å². The molecule has 2 saturated heterocycles. The molecule has 2 aliphatic heterocycles. The molecule has 5 amide bonds. The average molecular weight is 644 g/mol. The molecule has 2 heterocycles. The van der Waals surface area contributed by atoms with E-state index >= 15 is 0 Å². The molecule has 2 N–H and O–H groups in total. The molecule has 0 saturated carbocycles. The molecule has 2 aromatic carbocycles. The van der Waals surface area contributed by atoms with Crippen LogP contribution in [0.4, 0.5) is 18.4 Å². The minimum atomic E-state index is -1.46. The third kappa shape index (κ3) is 8.11. The first-order chi connectivity index (χ1) is 21.5. The SMILES string of the molecule is CN1C[C@]2(Cc3cccc(F)c3F)CN(C(=O)[C@@H](COCc3ccccc3)NC(=O)C(C)(C)NC(=O)OC(C)(C)C)CCN2C1=O. The minimum absolute atomic E-state index is 0.0163. The highest BCUT2D eigenvalue weighted by Gasteiger charge is 2.53. The molecule has 0 unspecified atom stereocenters. The molecule has 0 radical (unpaired) electrons. The van der Waals surface area contributed by atoms with Crippen LogP contribution in [0.15, 0.2) is 48.5 Å². The smallest absolute Gasteiger partial charge is 0.408 e. The van der Waals surface area contributed by atoms with Crippen LogP contribution in [0.2, 0.25) is 0 Å². The summed E-state index contributed by atoms with van der Waals surface area (Å²) in [6, 6.07) is 11.8. The fourth-order valence-corrected chi connectivity index (χ4v) is 5.78. The summed E-state index contributed by atoms with van der Waals surface area (Å²) in [5, 5.41) is 5.29. The second-order valence-corrected chi connectivity index (χ2v) is 13.4. The lowest BCUT2D eigenvalue weighted by atomic mass is 9.87. The van der Waals surface area contributed by atoms with Gasteiger partial charge in [0.1, 0.15) is 17.2 Å². The number of ether oxygens (including phenoxy) is 2. The zero-order chi connectivity index (χ0) is 33.9. The van der Waals surface area contributed by atoms with Gasteiger partial charge < -0.3 is 34.8 Å². The van der Waals surface area contributed by atoms with Crippen LogP contribution < -0.4 is 10.6 Å². The Morgan fingerprint density at radius 1 is 0.978 bits per heavy atom. The van der Waals surface area contributed by atoms with E-state index in [0.29, 0.717) is 0 Å². The summed E-state index contributed by atoms with van der Waals surface area (Å²) in [6.07, 6.45) is -0.821. The van der Waals surface area contributed by atoms with Gasteiger partial charge in [0, 0.05) is 39.6 Å². The molecule has 2 atom stereocenters. The van der Waals surface area contributed by atoms with Gasteiger partial charge in [0.15, 0.2) is 11.6 Å². The number of hydrogen-bond donors (Lipinski definition) is 2. The molecule has 13 heteroatoms. The summed E-state index contributed by atoms with van der Waals surface area (Å²) < 4.78 is 40.2. The van der Waals surface area contributed by atoms with Gasteiger partial charge in [-0.2, -0.15) is 0 Å². The summed E-state index contributed by atoms with van der Waals surface area (Å²) in [7, 11) is 1.62. The number of benzene rings is 2. The lowest BCUT2D eigenvalue weighted by Crippen LogP contribution is -2.66. The zero-order valence-corrected chi connectivity index (χ0v) is 27.2. The highest BCUT2D eigenvalue weighted by atomic mass is 19.2. The predicted octanol–water partition coefficient (Wildman–Crippen LogP) is 3.46. The number of amides is 5. The minimum Gasteiger partial charge on any atom is -0.444 e. The molecule has 4 rings (SSSR count). The first kappa shape index (κ1) is 34.6. The summed E-state index contributed by atoms with van der Waals surface area (Å²) >= 11 is 0. The molecular weight excluding hydrogens is 600 g/mol. The lowest BCUT2D eigenvalue weighted by Gasteiger charge is -2.46. The third-order valence-electron chi connectivity index (χ3n) is 7.98. The summed E-state index contributed by atoms with van der Waals surface area (Å²) in [5.74, 6) is -3.12. The monoisotopic (exact) mass is 643 g/mol. The molecule has 46 heavy (non-hydrogen) atoms. The molecule has 250 valence electrons. The maximum Gasteiger partial charge on any atom is 0.408 e. The lowest BCUT2D eigenvalue weighted by molar-refractivity contribution is -0.142. The van der Waals surface area contributed by atoms with E-state index in [9.17, 15) is 28.0 Å². The third-order valence-corrected chi connectivity index (χ3v) is 7.98. The quantitative estimate of drug-likeness (QED) is 0.409. The van der Waals surface area contributed by atoms with E-state index < -0.39 is 52.3 Å². The van der Waals surface area contributed by atoms with Crippen molar-refractivity contribution >= 4 is 23.9 Å². The number of alkyl carbamates (subject to hydrolysis) is 1. The van der Waals surface area contributed by atoms with Crippen molar-refractivity contribution in [3.05, 3.63) is 71.3 Å². The first-order valence-corrected chi connectivity index (χ1v) is 15.2. The van der Waals surface area contributed by atoms with Crippen LogP contribution in [0.1, 0.15) is 45.7 Å². The van der Waals surface area contributed by atoms with Crippen molar-refractivity contribution in [2.45, 2.75) is 70.4 Å². The molecule has 0 aromatic heterocycles. The Bertz CT molecular complexity index is 1450. The topological polar surface area (TPSA) is 121 Å². The number of hydrogen-bond acceptors (Lipinski definition) is 6. The summed E-state index contributed by atoms with van der Waals surface area (Å²) in [5.41, 5.74) is -2.33. The van der Waals surface area contributed by atoms with E-state index in [2.05, 4.69) is 10.6 Å². The Balaban J connectivity index is 1.56. The van der Waals surface area contributed by atoms with Crippen molar-refractivity contribution in [1.82, 2.24) is 25.3 Å². The molecule has 2 fully saturated rings. The Morgan fingerprint density at radius 3 is 2.35 bits per heavy atom. The standard InChI is InChI=1S/C33H43F2N5O6/c1-31(2,3)46-29(43)37-32(4,5)28(42)36-25(19-45-18-22-11-8-7-9-12-22)27(41)39-15-16-40-30(44)38(6)20-33(40,21-39)17-23-13-10-14-24(34)26(23)35/h7-14,25H,15-21H2,1-6H3,(H,36,42)(H,37,43)/t25-,33-/m1/s1. The fraction of sp³-hybridized carbons (Fsp3) is 0.515. The molecule has 0 aliphatic carbocycles. The maximum absolute atomic E-state index is 14.8. The number of rotatable bonds is 10. The molecule has 11 nitrogen and oxygen atoms in total. The van der Waals surface area contributed by atoms with Crippen molar-refractivity contribution in [3.63, 3.8) is 0 Å². The van der Waals surface area contributed by atoms with Crippen LogP contribution >= 0.6 is 0 Å². The van der Waals surface area contributed by atoms with Crippen molar-refractivity contribution in [1.29, 1.82) is 0 Å². The Kier molecular flexibility index (Phi) is 10.2. The number of carbonyl (C=O) groups is 4. The van der Waals surface area contributed by atoms with E-state index in [4.69, 9.17) is 9.47 Å². The summed E-state index contributed by atoms with van der Waals surface area (Å²) in [6.45, 7) is 8.56. The molecule has 0 spiro atoms. The van der Waals surface area contributed by atoms with Gasteiger partial charge in [-0.3, -0.25) is 9.59 Å². The van der Waals surface area contributed by atoms with Gasteiger partial charge in [0.25, 0.3) is 0 Å². The van der Waals surface area contributed by atoms with E-state index in [0.717, 1.165) is 11.6 Å². The van der Waals surface area contributed by atoms with E-state index in [1.165, 1.54) is 35.8 Å². The number of nitrogens with zero attached hydrogens (tertiary/aromatic N) is 3. The zero-order valence-electron chi connectivity index (χ0n) is 27.2. The molecule has 2 aliphatic rings. The fourth-order valence-electron chi connectivity index (χ4n) is 5.78. The highest BCUT2D eigenvalue weighted by molar-refractivity contribution is 5.94. The number of urea groups is 1. The van der Waals surface area contributed by atoms with Crippen LogP contribution in [0.25, 0.3) is 0 Å². The second kappa shape index (κ2) is 13.6. The van der Waals surface area contributed by atoms with Gasteiger partial charge >= 0.3 is 12.1 Å². The van der Waals surface area contributed by atoms with E-state index in [-0.39, 0.29) is 57.4 Å². The number of likely N-dealkylation sites (N-methyl/N-ethyl adjacent to an activating group) is 1. The molecular formula is C33H43F2N5O6. The molecule has 0 bridgehead atoms. The summed E-state index contributed by atoms with van der Waals surface area (Å²) in [4.78, 5) is 57.8. The predicted molar refractivity (Wildman–Crippen MR) is 166 cm³/mol. The molecule has 2 aromatic rings. The van der Waals surface area contributed by atoms with Crippen molar-refractivity contribution < 1.29 is 37.4 Å². The first-order valence-electron chi connectivity index (χ1n) is 15.2. The van der Waals surface area contributed by atoms with Crippen LogP contribution in [-0.2, 0) is 32.1 Å². The normalized spacial score (nSPS) is 19.0. The van der Waals surface area contributed by atoms with Crippen molar-refractivity contribution in [2.24, 2.45) is 0 Å². The highest BCUT2D eigenvalue weighted by Crippen LogP contribution is 2.34. The van der Waals surface area contributed by atoms with Crippen LogP contribution in [0.5, 0.6) is 0 Å². The van der Waals surface area contributed by atoms with Gasteiger partial charge in [-0.1, -0.05) is 42.5 Å². The van der Waals surface area contributed by atoms with Gasteiger partial charge in [-0.25, -0.2) is 18.4 Å². The van der Waals surface area contributed by atoms with Crippen molar-refractivity contribution in [2.75, 3.05) is 39.8 Å². The van der Waals surface area contributed by atoms with Crippen LogP contribution in [0.3, 0.4) is 0 Å². The number of piperazine rings is 1. The Morgan fingerprint density at radius 2 is 1.67 bits per heavy atom. The Hall–Kier alpha value is -4.26. The van der Waals surface area contributed by atoms with Gasteiger partial charge in [-0.15, -0.1) is 0 Å². The number of carbonyl (C=O) groups excluding carboxylic acids is 4. The largest absolute Gasteiger partial charge is 0.444 e. The van der Waals surface area contributed by atoms with Crippen LogP contribution in [0, 0.1) is 11.6 Å².